The monoisotopic (exact) mass is 1040 g/mol. The number of hydrogen-bond acceptors (Lipinski definition) is 7. The normalized spacial score (nSPS) is 14.4. The van der Waals surface area contributed by atoms with Crippen molar-refractivity contribution < 1.29 is 38.0 Å². The zero-order valence-corrected chi connectivity index (χ0v) is 49.4. The predicted molar refractivity (Wildman–Crippen MR) is 308 cm³/mol. The van der Waals surface area contributed by atoms with Crippen LogP contribution in [0.3, 0.4) is 0 Å². The van der Waals surface area contributed by atoms with Gasteiger partial charge in [-0.05, 0) is 51.4 Å². The van der Waals surface area contributed by atoms with Crippen molar-refractivity contribution in [2.75, 3.05) is 40.9 Å². The Morgan fingerprint density at radius 2 is 0.806 bits per heavy atom. The lowest BCUT2D eigenvalue weighted by molar-refractivity contribution is -0.870. The molecule has 0 aromatic carbocycles. The van der Waals surface area contributed by atoms with Crippen molar-refractivity contribution in [2.24, 2.45) is 0 Å². The molecule has 0 aromatic heterocycles. The van der Waals surface area contributed by atoms with Crippen LogP contribution in [0.1, 0.15) is 309 Å². The summed E-state index contributed by atoms with van der Waals surface area (Å²) in [5.74, 6) is -0.287. The molecular formula is C62H123N2O7P. The molecule has 0 aliphatic rings. The van der Waals surface area contributed by atoms with Gasteiger partial charge in [-0.15, -0.1) is 0 Å². The van der Waals surface area contributed by atoms with E-state index in [0.29, 0.717) is 30.3 Å². The Morgan fingerprint density at radius 3 is 1.17 bits per heavy atom. The lowest BCUT2D eigenvalue weighted by atomic mass is 10.0. The molecule has 1 amide bonds. The molecule has 4 atom stereocenters. The van der Waals surface area contributed by atoms with E-state index < -0.39 is 32.7 Å². The number of nitrogens with zero attached hydrogens (tertiary/aromatic N) is 1. The molecule has 0 rings (SSSR count). The number of carbonyl (C=O) groups is 1. The summed E-state index contributed by atoms with van der Waals surface area (Å²) in [6.07, 6.45) is 64.4. The van der Waals surface area contributed by atoms with Crippen LogP contribution in [0.25, 0.3) is 0 Å². The highest BCUT2D eigenvalue weighted by atomic mass is 31.2. The van der Waals surface area contributed by atoms with Gasteiger partial charge in [-0.2, -0.15) is 0 Å². The van der Waals surface area contributed by atoms with Crippen LogP contribution in [0.4, 0.5) is 0 Å². The number of amides is 1. The lowest BCUT2D eigenvalue weighted by Crippen LogP contribution is -2.51. The zero-order valence-electron chi connectivity index (χ0n) is 48.5. The molecule has 0 radical (unpaired) electrons. The van der Waals surface area contributed by atoms with Crippen LogP contribution in [0.15, 0.2) is 24.3 Å². The Balaban J connectivity index is 3.96. The largest absolute Gasteiger partial charge is 0.756 e. The lowest BCUT2D eigenvalue weighted by Gasteiger charge is -2.31. The minimum absolute atomic E-state index is 0.0466. The van der Waals surface area contributed by atoms with Crippen molar-refractivity contribution in [1.29, 1.82) is 0 Å². The van der Waals surface area contributed by atoms with Crippen molar-refractivity contribution in [3.05, 3.63) is 24.3 Å². The molecule has 0 saturated heterocycles. The van der Waals surface area contributed by atoms with E-state index in [-0.39, 0.29) is 18.9 Å². The van der Waals surface area contributed by atoms with Crippen molar-refractivity contribution in [3.63, 3.8) is 0 Å². The molecule has 0 spiro atoms. The van der Waals surface area contributed by atoms with Gasteiger partial charge in [0.05, 0.1) is 39.9 Å². The average Bonchev–Trinajstić information content (AvgIpc) is 3.34. The molecule has 0 aliphatic carbocycles. The van der Waals surface area contributed by atoms with Crippen LogP contribution >= 0.6 is 7.82 Å². The Morgan fingerprint density at radius 1 is 0.486 bits per heavy atom. The first-order chi connectivity index (χ1) is 34.9. The fourth-order valence-electron chi connectivity index (χ4n) is 9.57. The van der Waals surface area contributed by atoms with Gasteiger partial charge in [0.15, 0.2) is 0 Å². The summed E-state index contributed by atoms with van der Waals surface area (Å²) in [7, 11) is 1.11. The Kier molecular flexibility index (Phi) is 52.6. The summed E-state index contributed by atoms with van der Waals surface area (Å²) in [5.41, 5.74) is 0. The Hall–Kier alpha value is -1.06. The van der Waals surface area contributed by atoms with Crippen molar-refractivity contribution in [1.82, 2.24) is 5.32 Å². The predicted octanol–water partition coefficient (Wildman–Crippen LogP) is 17.5. The molecule has 4 unspecified atom stereocenters. The first kappa shape index (κ1) is 70.9. The van der Waals surface area contributed by atoms with Gasteiger partial charge in [-0.3, -0.25) is 9.36 Å². The number of likely N-dealkylation sites (N-methyl/N-ethyl adjacent to an activating group) is 1. The van der Waals surface area contributed by atoms with E-state index in [9.17, 15) is 24.5 Å². The van der Waals surface area contributed by atoms with Crippen LogP contribution in [0.5, 0.6) is 0 Å². The molecule has 428 valence electrons. The number of phosphoric acid groups is 1. The quantitative estimate of drug-likeness (QED) is 0.0240. The number of nitrogens with one attached hydrogen (secondary N) is 1. The third kappa shape index (κ3) is 53.8. The van der Waals surface area contributed by atoms with Gasteiger partial charge in [0, 0.05) is 6.42 Å². The molecule has 0 fully saturated rings. The van der Waals surface area contributed by atoms with E-state index in [4.69, 9.17) is 9.05 Å². The van der Waals surface area contributed by atoms with Crippen molar-refractivity contribution in [2.45, 2.75) is 327 Å². The van der Waals surface area contributed by atoms with Gasteiger partial charge in [-0.25, -0.2) is 0 Å². The van der Waals surface area contributed by atoms with Crippen molar-refractivity contribution in [3.8, 4) is 0 Å². The molecule has 0 aromatic rings. The Labute approximate surface area is 447 Å². The minimum atomic E-state index is -4.68. The highest BCUT2D eigenvalue weighted by Gasteiger charge is 2.29. The number of phosphoric ester groups is 1. The van der Waals surface area contributed by atoms with Crippen LogP contribution in [0.2, 0.25) is 0 Å². The van der Waals surface area contributed by atoms with Gasteiger partial charge in [0.2, 0.25) is 5.91 Å². The van der Waals surface area contributed by atoms with Gasteiger partial charge < -0.3 is 34.0 Å². The Bertz CT molecular complexity index is 1240. The number of aliphatic hydroxyl groups is 2. The number of carbonyl (C=O) groups excluding carboxylic acids is 1. The van der Waals surface area contributed by atoms with Crippen LogP contribution < -0.4 is 10.2 Å². The first-order valence-electron chi connectivity index (χ1n) is 31.3. The van der Waals surface area contributed by atoms with Crippen LogP contribution in [-0.2, 0) is 18.4 Å². The maximum atomic E-state index is 13.0. The SMILES string of the molecule is CCCCC/C=C/CC/C=C/CCCC(O)C(O)C(COP(=O)([O-])OCC[N+](C)(C)C)NC(=O)CCCCCCCCCCCCCCCCCCCCCCCCCCCCCCCCCCCCCC. The third-order valence-corrected chi connectivity index (χ3v) is 15.5. The molecule has 3 N–H and O–H groups in total. The molecular weight excluding hydrogens is 916 g/mol. The van der Waals surface area contributed by atoms with E-state index in [1.165, 1.54) is 231 Å². The number of rotatable bonds is 58. The van der Waals surface area contributed by atoms with E-state index in [1.807, 2.05) is 21.1 Å². The van der Waals surface area contributed by atoms with E-state index in [1.54, 1.807) is 0 Å². The molecule has 0 bridgehead atoms. The average molecular weight is 1040 g/mol. The molecule has 0 aliphatic heterocycles. The smallest absolute Gasteiger partial charge is 0.268 e. The second-order valence-electron chi connectivity index (χ2n) is 22.9. The second-order valence-corrected chi connectivity index (χ2v) is 24.3. The summed E-state index contributed by atoms with van der Waals surface area (Å²) in [4.78, 5) is 25.5. The molecule has 9 nitrogen and oxygen atoms in total. The summed E-state index contributed by atoms with van der Waals surface area (Å²) in [6, 6.07) is -1.09. The van der Waals surface area contributed by atoms with E-state index >= 15 is 0 Å². The molecule has 0 heterocycles. The summed E-state index contributed by atoms with van der Waals surface area (Å²) in [5, 5.41) is 24.7. The fraction of sp³-hybridized carbons (Fsp3) is 0.919. The number of hydrogen-bond donors (Lipinski definition) is 3. The van der Waals surface area contributed by atoms with Crippen molar-refractivity contribution >= 4 is 13.7 Å². The summed E-state index contributed by atoms with van der Waals surface area (Å²) in [6.45, 7) is 4.41. The van der Waals surface area contributed by atoms with Gasteiger partial charge in [0.25, 0.3) is 7.82 Å². The summed E-state index contributed by atoms with van der Waals surface area (Å²) < 4.78 is 23.2. The highest BCUT2D eigenvalue weighted by Crippen LogP contribution is 2.38. The van der Waals surface area contributed by atoms with Gasteiger partial charge >= 0.3 is 0 Å². The zero-order chi connectivity index (χ0) is 52.9. The summed E-state index contributed by atoms with van der Waals surface area (Å²) >= 11 is 0. The highest BCUT2D eigenvalue weighted by molar-refractivity contribution is 7.45. The third-order valence-electron chi connectivity index (χ3n) is 14.5. The maximum absolute atomic E-state index is 13.0. The number of allylic oxidation sites excluding steroid dienone is 4. The van der Waals surface area contributed by atoms with Gasteiger partial charge in [-0.1, -0.05) is 276 Å². The van der Waals surface area contributed by atoms with Crippen LogP contribution in [0, 0.1) is 0 Å². The molecule has 0 saturated carbocycles. The van der Waals surface area contributed by atoms with E-state index in [2.05, 4.69) is 43.5 Å². The van der Waals surface area contributed by atoms with Gasteiger partial charge in [0.1, 0.15) is 19.3 Å². The number of aliphatic hydroxyl groups excluding tert-OH is 2. The fourth-order valence-corrected chi connectivity index (χ4v) is 10.3. The number of unbranched alkanes of at least 4 members (excludes halogenated alkanes) is 40. The number of quaternary nitrogens is 1. The van der Waals surface area contributed by atoms with Crippen LogP contribution in [-0.4, -0.2) is 79.8 Å². The topological polar surface area (TPSA) is 128 Å². The van der Waals surface area contributed by atoms with E-state index in [0.717, 1.165) is 38.5 Å². The minimum Gasteiger partial charge on any atom is -0.756 e. The maximum Gasteiger partial charge on any atom is 0.268 e. The molecule has 10 heteroatoms. The standard InChI is InChI=1S/C62H123N2O7P/c1-6-8-10-12-14-16-18-20-21-22-23-24-25-26-27-28-29-30-31-32-33-34-35-36-37-38-39-40-41-42-43-45-47-49-51-53-55-61(66)63-59(58-71-72(68,69)70-57-56-64(3,4)5)62(67)60(65)54-52-50-48-46-44-19-17-15-13-11-9-7-2/h15,17,46,48,59-60,62,65,67H,6-14,16,18-45,47,49-58H2,1-5H3,(H-,63,66,68,69)/b17-15+,48-46+. The first-order valence-corrected chi connectivity index (χ1v) is 32.7. The second kappa shape index (κ2) is 53.3. The molecule has 72 heavy (non-hydrogen) atoms.